The predicted octanol–water partition coefficient (Wildman–Crippen LogP) is 2.09. The third-order valence-electron chi connectivity index (χ3n) is 1.37. The second-order valence-corrected chi connectivity index (χ2v) is 2.57. The lowest BCUT2D eigenvalue weighted by Gasteiger charge is -2.10. The topological polar surface area (TPSA) is 38.3 Å². The summed E-state index contributed by atoms with van der Waals surface area (Å²) in [6, 6.07) is 0.139. The molecule has 0 aromatic carbocycles. The van der Waals surface area contributed by atoms with Gasteiger partial charge >= 0.3 is 6.09 Å². The van der Waals surface area contributed by atoms with E-state index in [1.165, 1.54) is 0 Å². The molecule has 0 spiro atoms. The van der Waals surface area contributed by atoms with Gasteiger partial charge in [-0.25, -0.2) is 4.79 Å². The molecular weight excluding hydrogens is 154 g/mol. The fraction of sp³-hybridized carbons (Fsp3) is 0.667. The molecule has 3 heteroatoms. The summed E-state index contributed by atoms with van der Waals surface area (Å²) in [6.45, 7) is 6.10. The number of allylic oxidation sites excluding steroid dienone is 1. The van der Waals surface area contributed by atoms with Crippen molar-refractivity contribution in [2.24, 2.45) is 0 Å². The number of amides is 1. The van der Waals surface area contributed by atoms with Crippen LogP contribution in [0, 0.1) is 0 Å². The maximum atomic E-state index is 10.9. The summed E-state index contributed by atoms with van der Waals surface area (Å²) < 4.78 is 4.72. The summed E-state index contributed by atoms with van der Waals surface area (Å²) >= 11 is 0. The number of alkyl carbamates (subject to hydrolysis) is 1. The number of hydrogen-bond donors (Lipinski definition) is 1. The summed E-state index contributed by atoms with van der Waals surface area (Å²) in [5.74, 6) is 0. The van der Waals surface area contributed by atoms with Gasteiger partial charge in [0, 0.05) is 6.04 Å². The van der Waals surface area contributed by atoms with Crippen LogP contribution in [-0.4, -0.2) is 18.7 Å². The lowest BCUT2D eigenvalue weighted by molar-refractivity contribution is 0.149. The number of ether oxygens (including phenoxy) is 1. The summed E-state index contributed by atoms with van der Waals surface area (Å²) in [7, 11) is 0. The van der Waals surface area contributed by atoms with Gasteiger partial charge in [-0.3, -0.25) is 0 Å². The third-order valence-corrected chi connectivity index (χ3v) is 1.37. The molecule has 12 heavy (non-hydrogen) atoms. The molecule has 0 aromatic heterocycles. The molecule has 1 unspecified atom stereocenters. The summed E-state index contributed by atoms with van der Waals surface area (Å²) in [4.78, 5) is 10.9. The average molecular weight is 171 g/mol. The molecule has 1 N–H and O–H groups in total. The Bertz CT molecular complexity index is 155. The molecule has 0 bridgehead atoms. The molecule has 0 saturated heterocycles. The fourth-order valence-corrected chi connectivity index (χ4v) is 0.773. The molecule has 3 nitrogen and oxygen atoms in total. The van der Waals surface area contributed by atoms with Crippen LogP contribution in [0.5, 0.6) is 0 Å². The Morgan fingerprint density at radius 3 is 2.83 bits per heavy atom. The molecule has 0 aromatic rings. The Morgan fingerprint density at radius 2 is 2.33 bits per heavy atom. The maximum absolute atomic E-state index is 10.9. The molecule has 1 atom stereocenters. The highest BCUT2D eigenvalue weighted by Gasteiger charge is 2.04. The molecule has 0 radical (unpaired) electrons. The summed E-state index contributed by atoms with van der Waals surface area (Å²) in [5.41, 5.74) is 0. The Kier molecular flexibility index (Phi) is 6.15. The molecule has 0 aliphatic heterocycles. The molecule has 0 rings (SSSR count). The molecule has 0 aliphatic carbocycles. The predicted molar refractivity (Wildman–Crippen MR) is 49.1 cm³/mol. The van der Waals surface area contributed by atoms with Crippen molar-refractivity contribution in [3.05, 3.63) is 12.2 Å². The summed E-state index contributed by atoms with van der Waals surface area (Å²) in [6.07, 6.45) is 4.48. The Hall–Kier alpha value is -0.990. The van der Waals surface area contributed by atoms with Gasteiger partial charge in [0.2, 0.25) is 0 Å². The van der Waals surface area contributed by atoms with Crippen molar-refractivity contribution in [3.8, 4) is 0 Å². The van der Waals surface area contributed by atoms with Crippen molar-refractivity contribution in [3.63, 3.8) is 0 Å². The standard InChI is InChI=1S/C9H17NO2/c1-4-6-7-8(3)10-9(11)12-5-2/h4,6,8H,5,7H2,1-3H3,(H,10,11)/b6-4+. The van der Waals surface area contributed by atoms with E-state index in [1.807, 2.05) is 26.0 Å². The third kappa shape index (κ3) is 5.77. The van der Waals surface area contributed by atoms with Crippen LogP contribution in [-0.2, 0) is 4.74 Å². The van der Waals surface area contributed by atoms with Gasteiger partial charge in [-0.1, -0.05) is 12.2 Å². The quantitative estimate of drug-likeness (QED) is 0.658. The SMILES string of the molecule is C/C=C/CC(C)NC(=O)OCC. The number of rotatable bonds is 4. The van der Waals surface area contributed by atoms with Gasteiger partial charge in [0.25, 0.3) is 0 Å². The van der Waals surface area contributed by atoms with E-state index < -0.39 is 0 Å². The van der Waals surface area contributed by atoms with Gasteiger partial charge in [0.15, 0.2) is 0 Å². The second-order valence-electron chi connectivity index (χ2n) is 2.57. The Morgan fingerprint density at radius 1 is 1.67 bits per heavy atom. The van der Waals surface area contributed by atoms with Crippen LogP contribution in [0.15, 0.2) is 12.2 Å². The lowest BCUT2D eigenvalue weighted by Crippen LogP contribution is -2.32. The van der Waals surface area contributed by atoms with Crippen LogP contribution in [0.4, 0.5) is 4.79 Å². The normalized spacial score (nSPS) is 12.9. The van der Waals surface area contributed by atoms with Crippen molar-refractivity contribution in [1.82, 2.24) is 5.32 Å². The highest BCUT2D eigenvalue weighted by molar-refractivity contribution is 5.67. The highest BCUT2D eigenvalue weighted by Crippen LogP contribution is 1.92. The van der Waals surface area contributed by atoms with E-state index in [0.717, 1.165) is 6.42 Å². The zero-order valence-corrected chi connectivity index (χ0v) is 7.96. The van der Waals surface area contributed by atoms with Crippen molar-refractivity contribution < 1.29 is 9.53 Å². The molecule has 0 fully saturated rings. The first-order valence-electron chi connectivity index (χ1n) is 4.25. The largest absolute Gasteiger partial charge is 0.450 e. The van der Waals surface area contributed by atoms with E-state index >= 15 is 0 Å². The molecule has 0 aliphatic rings. The van der Waals surface area contributed by atoms with Crippen LogP contribution in [0.3, 0.4) is 0 Å². The van der Waals surface area contributed by atoms with E-state index in [1.54, 1.807) is 6.92 Å². The number of hydrogen-bond acceptors (Lipinski definition) is 2. The molecule has 0 saturated carbocycles. The van der Waals surface area contributed by atoms with Gasteiger partial charge in [0.1, 0.15) is 0 Å². The monoisotopic (exact) mass is 171 g/mol. The average Bonchev–Trinajstić information content (AvgIpc) is 2.01. The van der Waals surface area contributed by atoms with E-state index in [0.29, 0.717) is 6.61 Å². The van der Waals surface area contributed by atoms with Gasteiger partial charge < -0.3 is 10.1 Å². The molecule has 0 heterocycles. The first kappa shape index (κ1) is 11.0. The minimum atomic E-state index is -0.338. The van der Waals surface area contributed by atoms with E-state index in [-0.39, 0.29) is 12.1 Å². The lowest BCUT2D eigenvalue weighted by atomic mass is 10.2. The van der Waals surface area contributed by atoms with Crippen LogP contribution in [0.1, 0.15) is 27.2 Å². The molecule has 1 amide bonds. The first-order valence-corrected chi connectivity index (χ1v) is 4.25. The van der Waals surface area contributed by atoms with Crippen LogP contribution >= 0.6 is 0 Å². The highest BCUT2D eigenvalue weighted by atomic mass is 16.5. The van der Waals surface area contributed by atoms with Gasteiger partial charge in [0.05, 0.1) is 6.61 Å². The van der Waals surface area contributed by atoms with Gasteiger partial charge in [-0.05, 0) is 27.2 Å². The zero-order valence-electron chi connectivity index (χ0n) is 7.96. The van der Waals surface area contributed by atoms with Crippen LogP contribution in [0.2, 0.25) is 0 Å². The smallest absolute Gasteiger partial charge is 0.407 e. The van der Waals surface area contributed by atoms with E-state index in [2.05, 4.69) is 5.32 Å². The van der Waals surface area contributed by atoms with E-state index in [9.17, 15) is 4.79 Å². The van der Waals surface area contributed by atoms with Crippen molar-refractivity contribution in [1.29, 1.82) is 0 Å². The van der Waals surface area contributed by atoms with Gasteiger partial charge in [-0.2, -0.15) is 0 Å². The Labute approximate surface area is 73.8 Å². The van der Waals surface area contributed by atoms with E-state index in [4.69, 9.17) is 4.74 Å². The summed E-state index contributed by atoms with van der Waals surface area (Å²) in [5, 5.41) is 2.70. The van der Waals surface area contributed by atoms with Crippen molar-refractivity contribution >= 4 is 6.09 Å². The van der Waals surface area contributed by atoms with Gasteiger partial charge in [-0.15, -0.1) is 0 Å². The second kappa shape index (κ2) is 6.70. The van der Waals surface area contributed by atoms with Crippen molar-refractivity contribution in [2.45, 2.75) is 33.2 Å². The number of carbonyl (C=O) groups excluding carboxylic acids is 1. The molecular formula is C9H17NO2. The maximum Gasteiger partial charge on any atom is 0.407 e. The first-order chi connectivity index (χ1) is 5.70. The van der Waals surface area contributed by atoms with Crippen LogP contribution < -0.4 is 5.32 Å². The number of nitrogens with one attached hydrogen (secondary N) is 1. The minimum Gasteiger partial charge on any atom is -0.450 e. The fourth-order valence-electron chi connectivity index (χ4n) is 0.773. The van der Waals surface area contributed by atoms with Crippen LogP contribution in [0.25, 0.3) is 0 Å². The Balaban J connectivity index is 3.53. The molecule has 70 valence electrons. The number of carbonyl (C=O) groups is 1. The van der Waals surface area contributed by atoms with Crippen molar-refractivity contribution in [2.75, 3.05) is 6.61 Å². The zero-order chi connectivity index (χ0) is 9.40. The minimum absolute atomic E-state index is 0.139.